The smallest absolute Gasteiger partial charge is 0.332 e. The highest BCUT2D eigenvalue weighted by molar-refractivity contribution is 4.95. The lowest BCUT2D eigenvalue weighted by Gasteiger charge is -2.25. The summed E-state index contributed by atoms with van der Waals surface area (Å²) in [6, 6.07) is 0.970. The molecule has 4 atom stereocenters. The number of nitrogens with zero attached hydrogens (tertiary/aromatic N) is 1. The molecule has 0 saturated carbocycles. The number of rotatable bonds is 2. The normalized spacial score (nSPS) is 35.9. The zero-order chi connectivity index (χ0) is 13.5. The van der Waals surface area contributed by atoms with E-state index in [2.05, 4.69) is 0 Å². The van der Waals surface area contributed by atoms with Crippen LogP contribution >= 0.6 is 0 Å². The van der Waals surface area contributed by atoms with Crippen LogP contribution in [0.1, 0.15) is 6.92 Å². The van der Waals surface area contributed by atoms with Gasteiger partial charge in [-0.1, -0.05) is 6.92 Å². The van der Waals surface area contributed by atoms with Crippen molar-refractivity contribution in [3.63, 3.8) is 0 Å². The van der Waals surface area contributed by atoms with E-state index in [4.69, 9.17) is 9.84 Å². The molecule has 1 saturated heterocycles. The summed E-state index contributed by atoms with van der Waals surface area (Å²) >= 11 is 0. The Labute approximate surface area is 100 Å². The lowest BCUT2D eigenvalue weighted by Crippen LogP contribution is -2.44. The molecule has 0 radical (unpaired) electrons. The SMILES string of the molecule is CC1[C@H](O)[C@@H](CO)OC1(F)n1ccc(=O)[nH]c1=O. The number of aliphatic hydroxyl groups excluding tert-OH is 2. The minimum absolute atomic E-state index is 0.554. The number of halogens is 1. The number of nitrogens with one attached hydrogen (secondary N) is 1. The highest BCUT2D eigenvalue weighted by Gasteiger charge is 2.55. The molecule has 18 heavy (non-hydrogen) atoms. The molecule has 7 nitrogen and oxygen atoms in total. The first-order valence-corrected chi connectivity index (χ1v) is 5.38. The van der Waals surface area contributed by atoms with Gasteiger partial charge in [-0.05, 0) is 0 Å². The number of alkyl halides is 1. The van der Waals surface area contributed by atoms with Crippen molar-refractivity contribution in [3.8, 4) is 0 Å². The Morgan fingerprint density at radius 1 is 1.61 bits per heavy atom. The Bertz CT molecular complexity index is 556. The first-order valence-electron chi connectivity index (χ1n) is 5.38. The summed E-state index contributed by atoms with van der Waals surface area (Å²) in [6.07, 6.45) is -1.42. The quantitative estimate of drug-likeness (QED) is 0.600. The topological polar surface area (TPSA) is 105 Å². The van der Waals surface area contributed by atoms with Crippen molar-refractivity contribution in [2.75, 3.05) is 6.61 Å². The Hall–Kier alpha value is -1.51. The average molecular weight is 260 g/mol. The maximum Gasteiger partial charge on any atom is 0.332 e. The summed E-state index contributed by atoms with van der Waals surface area (Å²) < 4.78 is 20.1. The number of aliphatic hydroxyl groups is 2. The van der Waals surface area contributed by atoms with Crippen LogP contribution < -0.4 is 11.2 Å². The van der Waals surface area contributed by atoms with Crippen LogP contribution in [0.25, 0.3) is 0 Å². The highest BCUT2D eigenvalue weighted by atomic mass is 19.2. The van der Waals surface area contributed by atoms with Gasteiger partial charge in [-0.25, -0.2) is 9.36 Å². The van der Waals surface area contributed by atoms with E-state index in [1.165, 1.54) is 6.92 Å². The second-order valence-corrected chi connectivity index (χ2v) is 4.21. The van der Waals surface area contributed by atoms with E-state index in [1.807, 2.05) is 4.98 Å². The fourth-order valence-corrected chi connectivity index (χ4v) is 2.00. The molecule has 3 N–H and O–H groups in total. The number of hydrogen-bond donors (Lipinski definition) is 3. The van der Waals surface area contributed by atoms with Crippen LogP contribution in [0.5, 0.6) is 0 Å². The van der Waals surface area contributed by atoms with Gasteiger partial charge in [-0.15, -0.1) is 0 Å². The van der Waals surface area contributed by atoms with E-state index in [0.717, 1.165) is 12.3 Å². The van der Waals surface area contributed by atoms with Gasteiger partial charge in [-0.3, -0.25) is 9.78 Å². The van der Waals surface area contributed by atoms with E-state index in [1.54, 1.807) is 0 Å². The molecule has 8 heteroatoms. The van der Waals surface area contributed by atoms with Crippen molar-refractivity contribution in [2.24, 2.45) is 5.92 Å². The Kier molecular flexibility index (Phi) is 3.09. The van der Waals surface area contributed by atoms with Gasteiger partial charge in [0.25, 0.3) is 5.56 Å². The Morgan fingerprint density at radius 2 is 2.28 bits per heavy atom. The molecule has 0 spiro atoms. The van der Waals surface area contributed by atoms with Crippen molar-refractivity contribution in [1.29, 1.82) is 0 Å². The molecular weight excluding hydrogens is 247 g/mol. The summed E-state index contributed by atoms with van der Waals surface area (Å²) in [4.78, 5) is 24.3. The molecule has 2 heterocycles. The third-order valence-corrected chi connectivity index (χ3v) is 3.10. The van der Waals surface area contributed by atoms with Crippen LogP contribution in [0.4, 0.5) is 4.39 Å². The fourth-order valence-electron chi connectivity index (χ4n) is 2.00. The maximum atomic E-state index is 14.7. The van der Waals surface area contributed by atoms with Gasteiger partial charge < -0.3 is 14.9 Å². The molecular formula is C10H13FN2O5. The summed E-state index contributed by atoms with van der Waals surface area (Å²) in [5.74, 6) is -3.67. The first kappa shape index (κ1) is 12.9. The zero-order valence-corrected chi connectivity index (χ0v) is 9.54. The van der Waals surface area contributed by atoms with E-state index in [9.17, 15) is 19.1 Å². The summed E-state index contributed by atoms with van der Waals surface area (Å²) in [5, 5.41) is 18.6. The van der Waals surface area contributed by atoms with Gasteiger partial charge in [0.2, 0.25) is 0 Å². The molecule has 2 unspecified atom stereocenters. The molecule has 2 rings (SSSR count). The van der Waals surface area contributed by atoms with Crippen molar-refractivity contribution in [1.82, 2.24) is 9.55 Å². The van der Waals surface area contributed by atoms with Crippen LogP contribution in [-0.2, 0) is 10.7 Å². The summed E-state index contributed by atoms with van der Waals surface area (Å²) in [5.41, 5.74) is -1.65. The van der Waals surface area contributed by atoms with Crippen molar-refractivity contribution < 1.29 is 19.3 Å². The van der Waals surface area contributed by atoms with Crippen LogP contribution in [0.3, 0.4) is 0 Å². The summed E-state index contributed by atoms with van der Waals surface area (Å²) in [7, 11) is 0. The van der Waals surface area contributed by atoms with Gasteiger partial charge in [0, 0.05) is 12.3 Å². The van der Waals surface area contributed by atoms with E-state index in [-0.39, 0.29) is 0 Å². The lowest BCUT2D eigenvalue weighted by atomic mass is 10.0. The first-order chi connectivity index (χ1) is 8.40. The molecule has 100 valence electrons. The molecule has 0 amide bonds. The maximum absolute atomic E-state index is 14.7. The molecule has 1 aliphatic heterocycles. The van der Waals surface area contributed by atoms with E-state index >= 15 is 0 Å². The third-order valence-electron chi connectivity index (χ3n) is 3.10. The predicted molar refractivity (Wildman–Crippen MR) is 57.5 cm³/mol. The molecule has 1 aromatic heterocycles. The van der Waals surface area contributed by atoms with Gasteiger partial charge in [0.1, 0.15) is 6.10 Å². The number of H-pyrrole nitrogens is 1. The van der Waals surface area contributed by atoms with Crippen molar-refractivity contribution in [2.45, 2.75) is 25.1 Å². The zero-order valence-electron chi connectivity index (χ0n) is 9.54. The largest absolute Gasteiger partial charge is 0.394 e. The van der Waals surface area contributed by atoms with Crippen molar-refractivity contribution in [3.05, 3.63) is 33.1 Å². The van der Waals surface area contributed by atoms with Gasteiger partial charge in [0.05, 0.1) is 18.6 Å². The second kappa shape index (κ2) is 4.30. The Balaban J connectivity index is 2.49. The van der Waals surface area contributed by atoms with Crippen LogP contribution in [0, 0.1) is 5.92 Å². The predicted octanol–water partition coefficient (Wildman–Crippen LogP) is -1.50. The highest BCUT2D eigenvalue weighted by Crippen LogP contribution is 2.40. The molecule has 0 bridgehead atoms. The average Bonchev–Trinajstić information content (AvgIpc) is 2.54. The Morgan fingerprint density at radius 3 is 2.78 bits per heavy atom. The van der Waals surface area contributed by atoms with Crippen molar-refractivity contribution >= 4 is 0 Å². The fraction of sp³-hybridized carbons (Fsp3) is 0.600. The minimum Gasteiger partial charge on any atom is -0.394 e. The van der Waals surface area contributed by atoms with E-state index < -0.39 is 42.0 Å². The number of aromatic amines is 1. The molecule has 1 aliphatic rings. The molecule has 1 fully saturated rings. The molecule has 0 aromatic carbocycles. The standard InChI is InChI=1S/C10H13FN2O5/c1-5-8(16)6(4-14)18-10(5,11)13-3-2-7(15)12-9(13)17/h2-3,5-6,8,14,16H,4H2,1H3,(H,12,15,17)/t5?,6-,8+,10?/m1/s1. The lowest BCUT2D eigenvalue weighted by molar-refractivity contribution is -0.222. The molecule has 0 aliphatic carbocycles. The van der Waals surface area contributed by atoms with Crippen LogP contribution in [0.15, 0.2) is 21.9 Å². The monoisotopic (exact) mass is 260 g/mol. The van der Waals surface area contributed by atoms with E-state index in [0.29, 0.717) is 4.57 Å². The van der Waals surface area contributed by atoms with Gasteiger partial charge in [-0.2, -0.15) is 4.39 Å². The number of hydrogen-bond acceptors (Lipinski definition) is 5. The van der Waals surface area contributed by atoms with Crippen LogP contribution in [-0.4, -0.2) is 38.6 Å². The number of ether oxygens (including phenoxy) is 1. The van der Waals surface area contributed by atoms with Crippen LogP contribution in [0.2, 0.25) is 0 Å². The van der Waals surface area contributed by atoms with Gasteiger partial charge in [0.15, 0.2) is 0 Å². The van der Waals surface area contributed by atoms with Gasteiger partial charge >= 0.3 is 11.7 Å². The minimum atomic E-state index is -2.60. The molecule has 1 aromatic rings. The summed E-state index contributed by atoms with van der Waals surface area (Å²) in [6.45, 7) is 0.771. The third kappa shape index (κ3) is 1.78. The second-order valence-electron chi connectivity index (χ2n) is 4.21. The number of aromatic nitrogens is 2.